The molecule has 0 spiro atoms. The third-order valence-electron chi connectivity index (χ3n) is 4.19. The molecule has 0 aromatic rings. The van der Waals surface area contributed by atoms with Gasteiger partial charge in [0.15, 0.2) is 0 Å². The Labute approximate surface area is 111 Å². The van der Waals surface area contributed by atoms with Crippen LogP contribution in [0.5, 0.6) is 0 Å². The lowest BCUT2D eigenvalue weighted by Crippen LogP contribution is -2.49. The fraction of sp³-hybridized carbons (Fsp3) is 0.929. The van der Waals surface area contributed by atoms with Gasteiger partial charge in [-0.3, -0.25) is 5.32 Å². The summed E-state index contributed by atoms with van der Waals surface area (Å²) in [5, 5.41) is 12.8. The monoisotopic (exact) mass is 250 g/mol. The number of nitrogens with zero attached hydrogens (tertiary/aromatic N) is 3. The Bertz CT molecular complexity index is 299. The van der Waals surface area contributed by atoms with Gasteiger partial charge in [0.1, 0.15) is 5.54 Å². The van der Waals surface area contributed by atoms with E-state index >= 15 is 0 Å². The van der Waals surface area contributed by atoms with Crippen LogP contribution in [0.25, 0.3) is 0 Å². The highest BCUT2D eigenvalue weighted by molar-refractivity contribution is 5.07. The lowest BCUT2D eigenvalue weighted by molar-refractivity contribution is 0.130. The van der Waals surface area contributed by atoms with Crippen molar-refractivity contribution in [2.75, 3.05) is 39.3 Å². The summed E-state index contributed by atoms with van der Waals surface area (Å²) >= 11 is 0. The topological polar surface area (TPSA) is 42.3 Å². The van der Waals surface area contributed by atoms with Crippen molar-refractivity contribution in [3.05, 3.63) is 0 Å². The van der Waals surface area contributed by atoms with Crippen molar-refractivity contribution >= 4 is 0 Å². The second-order valence-corrected chi connectivity index (χ2v) is 5.89. The average Bonchev–Trinajstić information content (AvgIpc) is 3.21. The third kappa shape index (κ3) is 3.94. The lowest BCUT2D eigenvalue weighted by Gasteiger charge is -2.35. The summed E-state index contributed by atoms with van der Waals surface area (Å²) in [6, 6.07) is 3.06. The Morgan fingerprint density at radius 2 is 1.83 bits per heavy atom. The van der Waals surface area contributed by atoms with Gasteiger partial charge >= 0.3 is 0 Å². The Kier molecular flexibility index (Phi) is 4.60. The van der Waals surface area contributed by atoms with E-state index in [4.69, 9.17) is 0 Å². The van der Waals surface area contributed by atoms with Crippen molar-refractivity contribution in [3.8, 4) is 6.07 Å². The molecule has 1 heterocycles. The molecule has 1 aliphatic heterocycles. The molecule has 0 aromatic carbocycles. The van der Waals surface area contributed by atoms with E-state index in [-0.39, 0.29) is 5.54 Å². The number of hydrogen-bond acceptors (Lipinski definition) is 4. The van der Waals surface area contributed by atoms with E-state index in [2.05, 4.69) is 28.1 Å². The summed E-state index contributed by atoms with van der Waals surface area (Å²) < 4.78 is 0. The Balaban J connectivity index is 1.71. The van der Waals surface area contributed by atoms with Crippen LogP contribution in [0.15, 0.2) is 0 Å². The first-order chi connectivity index (χ1) is 8.65. The van der Waals surface area contributed by atoms with Crippen LogP contribution in [0.4, 0.5) is 0 Å². The molecule has 1 saturated carbocycles. The molecule has 0 amide bonds. The van der Waals surface area contributed by atoms with Crippen LogP contribution in [0.1, 0.15) is 33.1 Å². The molecule has 0 aromatic heterocycles. The lowest BCUT2D eigenvalue weighted by atomic mass is 9.99. The van der Waals surface area contributed by atoms with Crippen molar-refractivity contribution in [3.63, 3.8) is 0 Å². The van der Waals surface area contributed by atoms with E-state index in [1.807, 2.05) is 6.92 Å². The van der Waals surface area contributed by atoms with E-state index in [0.29, 0.717) is 6.04 Å². The summed E-state index contributed by atoms with van der Waals surface area (Å²) in [6.45, 7) is 11.1. The summed E-state index contributed by atoms with van der Waals surface area (Å²) in [6.07, 6.45) is 3.42. The van der Waals surface area contributed by atoms with Crippen molar-refractivity contribution in [1.82, 2.24) is 15.1 Å². The molecule has 2 rings (SSSR count). The van der Waals surface area contributed by atoms with E-state index < -0.39 is 0 Å². The number of rotatable bonds is 6. The standard InChI is InChI=1S/C14H26N4/c1-3-17-8-10-18(11-9-17)7-6-14(2,12-15)16-13-4-5-13/h13,16H,3-11H2,1-2H3. The minimum absolute atomic E-state index is 0.330. The minimum Gasteiger partial charge on any atom is -0.301 e. The second-order valence-electron chi connectivity index (χ2n) is 5.89. The Morgan fingerprint density at radius 1 is 1.22 bits per heavy atom. The van der Waals surface area contributed by atoms with Crippen molar-refractivity contribution in [2.45, 2.75) is 44.7 Å². The molecule has 1 aliphatic carbocycles. The number of nitriles is 1. The zero-order chi connectivity index (χ0) is 13.0. The molecule has 0 bridgehead atoms. The Hall–Kier alpha value is -0.630. The molecule has 18 heavy (non-hydrogen) atoms. The number of nitrogens with one attached hydrogen (secondary N) is 1. The highest BCUT2D eigenvalue weighted by atomic mass is 15.3. The van der Waals surface area contributed by atoms with Gasteiger partial charge in [-0.05, 0) is 32.7 Å². The van der Waals surface area contributed by atoms with Gasteiger partial charge in [-0.15, -0.1) is 0 Å². The molecule has 1 saturated heterocycles. The van der Waals surface area contributed by atoms with E-state index in [1.54, 1.807) is 0 Å². The molecule has 1 unspecified atom stereocenters. The molecule has 0 radical (unpaired) electrons. The fourth-order valence-electron chi connectivity index (χ4n) is 2.55. The van der Waals surface area contributed by atoms with Crippen molar-refractivity contribution < 1.29 is 0 Å². The fourth-order valence-corrected chi connectivity index (χ4v) is 2.55. The zero-order valence-corrected chi connectivity index (χ0v) is 11.8. The molecule has 2 fully saturated rings. The molecule has 2 aliphatic rings. The molecule has 1 N–H and O–H groups in total. The SMILES string of the molecule is CCN1CCN(CCC(C)(C#N)NC2CC2)CC1. The normalized spacial score (nSPS) is 25.6. The van der Waals surface area contributed by atoms with Crippen LogP contribution in [-0.4, -0.2) is 60.6 Å². The van der Waals surface area contributed by atoms with Crippen LogP contribution >= 0.6 is 0 Å². The third-order valence-corrected chi connectivity index (χ3v) is 4.19. The van der Waals surface area contributed by atoms with Gasteiger partial charge < -0.3 is 9.80 Å². The summed E-state index contributed by atoms with van der Waals surface area (Å²) in [5.74, 6) is 0. The van der Waals surface area contributed by atoms with Gasteiger partial charge in [0.2, 0.25) is 0 Å². The number of likely N-dealkylation sites (N-methyl/N-ethyl adjacent to an activating group) is 1. The van der Waals surface area contributed by atoms with Gasteiger partial charge in [-0.25, -0.2) is 0 Å². The number of piperazine rings is 1. The molecule has 4 heteroatoms. The van der Waals surface area contributed by atoms with Gasteiger partial charge in [-0.1, -0.05) is 6.92 Å². The van der Waals surface area contributed by atoms with Crippen LogP contribution in [0, 0.1) is 11.3 Å². The second kappa shape index (κ2) is 6.01. The zero-order valence-electron chi connectivity index (χ0n) is 11.8. The maximum atomic E-state index is 9.33. The van der Waals surface area contributed by atoms with Crippen LogP contribution < -0.4 is 5.32 Å². The first kappa shape index (κ1) is 13.8. The maximum Gasteiger partial charge on any atom is 0.105 e. The van der Waals surface area contributed by atoms with E-state index in [1.165, 1.54) is 25.9 Å². The first-order valence-corrected chi connectivity index (χ1v) is 7.29. The van der Waals surface area contributed by atoms with Crippen molar-refractivity contribution in [1.29, 1.82) is 5.26 Å². The smallest absolute Gasteiger partial charge is 0.105 e. The maximum absolute atomic E-state index is 9.33. The number of hydrogen-bond donors (Lipinski definition) is 1. The molecular weight excluding hydrogens is 224 g/mol. The van der Waals surface area contributed by atoms with Gasteiger partial charge in [-0.2, -0.15) is 5.26 Å². The van der Waals surface area contributed by atoms with E-state index in [9.17, 15) is 5.26 Å². The van der Waals surface area contributed by atoms with Crippen LogP contribution in [0.3, 0.4) is 0 Å². The Morgan fingerprint density at radius 3 is 2.33 bits per heavy atom. The molecule has 1 atom stereocenters. The molecule has 102 valence electrons. The van der Waals surface area contributed by atoms with Crippen LogP contribution in [-0.2, 0) is 0 Å². The molecule has 4 nitrogen and oxygen atoms in total. The minimum atomic E-state index is -0.330. The molecular formula is C14H26N4. The summed E-state index contributed by atoms with van der Waals surface area (Å²) in [5.41, 5.74) is -0.330. The van der Waals surface area contributed by atoms with Crippen molar-refractivity contribution in [2.24, 2.45) is 0 Å². The van der Waals surface area contributed by atoms with Gasteiger partial charge in [0, 0.05) is 38.8 Å². The van der Waals surface area contributed by atoms with Gasteiger partial charge in [0.05, 0.1) is 6.07 Å². The first-order valence-electron chi connectivity index (χ1n) is 7.29. The van der Waals surface area contributed by atoms with E-state index in [0.717, 1.165) is 32.6 Å². The summed E-state index contributed by atoms with van der Waals surface area (Å²) in [4.78, 5) is 4.98. The van der Waals surface area contributed by atoms with Gasteiger partial charge in [0.25, 0.3) is 0 Å². The summed E-state index contributed by atoms with van der Waals surface area (Å²) in [7, 11) is 0. The average molecular weight is 250 g/mol. The predicted octanol–water partition coefficient (Wildman–Crippen LogP) is 1.05. The largest absolute Gasteiger partial charge is 0.301 e. The predicted molar refractivity (Wildman–Crippen MR) is 73.3 cm³/mol. The van der Waals surface area contributed by atoms with Crippen LogP contribution in [0.2, 0.25) is 0 Å². The quantitative estimate of drug-likeness (QED) is 0.765. The highest BCUT2D eigenvalue weighted by Gasteiger charge is 2.32. The highest BCUT2D eigenvalue weighted by Crippen LogP contribution is 2.24.